The van der Waals surface area contributed by atoms with E-state index < -0.39 is 107 Å². The lowest BCUT2D eigenvalue weighted by molar-refractivity contribution is -0.175. The van der Waals surface area contributed by atoms with Gasteiger partial charge >= 0.3 is 12.1 Å². The smallest absolute Gasteiger partial charge is 0.452 e. The second-order valence-electron chi connectivity index (χ2n) is 11.7. The third-order valence-corrected chi connectivity index (χ3v) is 9.39. The number of Topliss-reactive ketones (excluding diaryl/α,β-unsaturated/α-hetero) is 1. The number of alkyl halides is 5. The number of carbonyl (C=O) groups is 4. The van der Waals surface area contributed by atoms with Crippen LogP contribution in [0.5, 0.6) is 5.75 Å². The van der Waals surface area contributed by atoms with Crippen LogP contribution < -0.4 is 15.4 Å². The molecule has 1 aliphatic heterocycles. The number of nitrogens with one attached hydrogen (secondary N) is 2. The van der Waals surface area contributed by atoms with Gasteiger partial charge in [0.15, 0.2) is 0 Å². The largest absolute Gasteiger partial charge is 0.497 e. The number of halogens is 6. The second kappa shape index (κ2) is 16.3. The minimum absolute atomic E-state index is 0.0988. The molecule has 1 fully saturated rings. The highest BCUT2D eigenvalue weighted by molar-refractivity contribution is 7.72. The van der Waals surface area contributed by atoms with Gasteiger partial charge in [0, 0.05) is 24.2 Å². The molecule has 2 aromatic rings. The Morgan fingerprint density at radius 1 is 1.00 bits per heavy atom. The molecule has 2 N–H and O–H groups in total. The maximum atomic E-state index is 15.2. The van der Waals surface area contributed by atoms with E-state index in [0.29, 0.717) is 5.75 Å². The van der Waals surface area contributed by atoms with E-state index >= 15 is 8.78 Å². The summed E-state index contributed by atoms with van der Waals surface area (Å²) in [6.45, 7) is 1.31. The fourth-order valence-electron chi connectivity index (χ4n) is 5.52. The molecule has 1 aliphatic rings. The number of likely N-dealkylation sites (tertiary alicyclic amines) is 1. The van der Waals surface area contributed by atoms with Gasteiger partial charge in [0.05, 0.1) is 25.0 Å². The van der Waals surface area contributed by atoms with Gasteiger partial charge in [0.2, 0.25) is 11.8 Å². The number of ketones is 1. The summed E-state index contributed by atoms with van der Waals surface area (Å²) in [6, 6.07) is 4.47. The molecule has 18 heteroatoms. The van der Waals surface area contributed by atoms with Crippen molar-refractivity contribution in [3.8, 4) is 5.75 Å². The summed E-state index contributed by atoms with van der Waals surface area (Å²) in [5.74, 6) is -12.5. The van der Waals surface area contributed by atoms with Crippen molar-refractivity contribution in [3.05, 3.63) is 64.7 Å². The Hall–Kier alpha value is -3.83. The molecule has 3 amide bonds. The molecule has 3 rings (SSSR count). The number of thiol groups is 1. The zero-order valence-electron chi connectivity index (χ0n) is 26.6. The van der Waals surface area contributed by atoms with Crippen LogP contribution in [0.2, 0.25) is 5.02 Å². The summed E-state index contributed by atoms with van der Waals surface area (Å²) in [5.41, 5.74) is -0.555. The minimum atomic E-state index is -5.32. The number of rotatable bonds is 14. The highest BCUT2D eigenvalue weighted by Crippen LogP contribution is 2.38. The van der Waals surface area contributed by atoms with Gasteiger partial charge in [-0.15, -0.1) is 0 Å². The van der Waals surface area contributed by atoms with Crippen molar-refractivity contribution >= 4 is 45.8 Å². The summed E-state index contributed by atoms with van der Waals surface area (Å²) in [6.07, 6.45) is -5.74. The maximum Gasteiger partial charge on any atom is 0.452 e. The van der Waals surface area contributed by atoms with E-state index in [2.05, 4.69) is 0 Å². The fourth-order valence-corrected chi connectivity index (χ4v) is 6.69. The fraction of sp³-hybridized carbons (Fsp3) is 0.484. The van der Waals surface area contributed by atoms with Gasteiger partial charge in [-0.05, 0) is 48.1 Å². The summed E-state index contributed by atoms with van der Waals surface area (Å²) < 4.78 is 106. The van der Waals surface area contributed by atoms with E-state index in [-0.39, 0.29) is 10.6 Å². The Morgan fingerprint density at radius 3 is 2.14 bits per heavy atom. The highest BCUT2D eigenvalue weighted by atomic mass is 35.5. The number of amides is 3. The molecular formula is C31H35ClF5N3O8S. The van der Waals surface area contributed by atoms with E-state index in [0.717, 1.165) is 24.1 Å². The lowest BCUT2D eigenvalue weighted by atomic mass is 9.95. The second-order valence-corrected chi connectivity index (χ2v) is 13.2. The summed E-state index contributed by atoms with van der Waals surface area (Å²) in [4.78, 5) is 53.3. The van der Waals surface area contributed by atoms with E-state index in [4.69, 9.17) is 21.1 Å². The molecule has 0 bridgehead atoms. The number of methoxy groups -OCH3 is 2. The van der Waals surface area contributed by atoms with Gasteiger partial charge in [-0.2, -0.15) is 22.0 Å². The number of nitrogens with zero attached hydrogens (tertiary/aromatic N) is 1. The summed E-state index contributed by atoms with van der Waals surface area (Å²) >= 11 is 5.80. The molecule has 0 aliphatic carbocycles. The molecular weight excluding hydrogens is 705 g/mol. The molecule has 0 aromatic heterocycles. The first-order chi connectivity index (χ1) is 22.8. The first kappa shape index (κ1) is 39.6. The zero-order valence-corrected chi connectivity index (χ0v) is 28.3. The summed E-state index contributed by atoms with van der Waals surface area (Å²) in [7, 11) is -0.811. The van der Waals surface area contributed by atoms with Crippen LogP contribution >= 0.6 is 11.6 Å². The number of hydrogen-bond donors (Lipinski definition) is 3. The monoisotopic (exact) mass is 739 g/mol. The molecule has 0 radical (unpaired) electrons. The van der Waals surface area contributed by atoms with Crippen molar-refractivity contribution in [2.24, 2.45) is 11.8 Å². The van der Waals surface area contributed by atoms with Gasteiger partial charge in [-0.3, -0.25) is 19.2 Å². The van der Waals surface area contributed by atoms with Crippen molar-refractivity contribution in [1.82, 2.24) is 15.5 Å². The number of carbonyl (C=O) groups excluding carboxylic acids is 4. The first-order valence-electron chi connectivity index (χ1n) is 14.8. The third-order valence-electron chi connectivity index (χ3n) is 7.99. The molecule has 1 heterocycles. The van der Waals surface area contributed by atoms with Crippen LogP contribution in [-0.2, 0) is 40.5 Å². The molecule has 49 heavy (non-hydrogen) atoms. The normalized spacial score (nSPS) is 18.6. The van der Waals surface area contributed by atoms with Crippen LogP contribution in [0.4, 0.5) is 22.0 Å². The van der Waals surface area contributed by atoms with Crippen molar-refractivity contribution in [2.75, 3.05) is 27.4 Å². The van der Waals surface area contributed by atoms with Gasteiger partial charge in [0.1, 0.15) is 28.5 Å². The average Bonchev–Trinajstić information content (AvgIpc) is 3.47. The lowest BCUT2D eigenvalue weighted by Crippen LogP contribution is -2.58. The van der Waals surface area contributed by atoms with E-state index in [1.165, 1.54) is 57.4 Å². The van der Waals surface area contributed by atoms with Crippen LogP contribution in [0.15, 0.2) is 48.5 Å². The molecule has 0 spiro atoms. The molecule has 11 nitrogen and oxygen atoms in total. The third kappa shape index (κ3) is 9.45. The Bertz CT molecular complexity index is 1600. The predicted molar refractivity (Wildman–Crippen MR) is 167 cm³/mol. The van der Waals surface area contributed by atoms with Gasteiger partial charge in [-0.25, -0.2) is 8.42 Å². The highest BCUT2D eigenvalue weighted by Gasteiger charge is 2.50. The molecule has 5 atom stereocenters. The van der Waals surface area contributed by atoms with E-state index in [9.17, 15) is 40.8 Å². The van der Waals surface area contributed by atoms with Crippen LogP contribution in [0, 0.1) is 11.8 Å². The van der Waals surface area contributed by atoms with E-state index in [1.807, 2.05) is 10.6 Å². The quantitative estimate of drug-likeness (QED) is 0.197. The molecule has 1 saturated heterocycles. The Morgan fingerprint density at radius 2 is 1.63 bits per heavy atom. The van der Waals surface area contributed by atoms with Crippen LogP contribution in [0.3, 0.4) is 0 Å². The van der Waals surface area contributed by atoms with Crippen molar-refractivity contribution in [3.63, 3.8) is 0 Å². The average molecular weight is 740 g/mol. The topological polar surface area (TPSA) is 148 Å². The number of ether oxygens (including phenoxy) is 2. The predicted octanol–water partition coefficient (Wildman–Crippen LogP) is 3.41. The van der Waals surface area contributed by atoms with Gasteiger partial charge in [-0.1, -0.05) is 49.7 Å². The number of benzene rings is 2. The minimum Gasteiger partial charge on any atom is -0.497 e. The molecule has 0 saturated carbocycles. The van der Waals surface area contributed by atoms with E-state index in [1.54, 1.807) is 0 Å². The zero-order chi connectivity index (χ0) is 36.8. The van der Waals surface area contributed by atoms with Crippen molar-refractivity contribution < 1.29 is 59.0 Å². The Kier molecular flexibility index (Phi) is 13.1. The molecule has 2 aromatic carbocycles. The van der Waals surface area contributed by atoms with Gasteiger partial charge < -0.3 is 25.0 Å². The first-order valence-corrected chi connectivity index (χ1v) is 16.4. The summed E-state index contributed by atoms with van der Waals surface area (Å²) in [5, 5.41) is 2.52. The van der Waals surface area contributed by atoms with Gasteiger partial charge in [0.25, 0.3) is 11.7 Å². The maximum absolute atomic E-state index is 15.2. The van der Waals surface area contributed by atoms with Crippen molar-refractivity contribution in [2.45, 2.75) is 55.7 Å². The van der Waals surface area contributed by atoms with Crippen LogP contribution in [0.25, 0.3) is 0 Å². The molecule has 270 valence electrons. The van der Waals surface area contributed by atoms with Crippen LogP contribution in [0.1, 0.15) is 36.6 Å². The molecule has 1 unspecified atom stereocenters. The SMILES string of the molecule is COC[C@H](NC(=O)C(F)(F)c1cccc(Cl)c1)C(=O)N1C[C@H](C(c2ccc(OC)cc2)[SH](=O)=O)C[C@H]1C(=O)N[C@H](C(=O)C(F)(F)F)C(C)C. The standard InChI is InChI=1S/C31H35ClF5N3O8S/c1-16(2)24(26(41)31(35,36)37)39-27(42)23-12-18(25(49(45)46)17-8-10-21(48-4)11-9-17)14-40(23)28(43)22(15-47-3)38-29(44)30(33,34)19-6-5-7-20(32)13-19/h5-11,13,16,18,22-25,49H,12,14-15H2,1-4H3,(H,38,44)(H,39,42)/t18-,22+,23+,24+,25?/m1/s1. The Labute approximate surface area is 285 Å². The number of hydrogen-bond acceptors (Lipinski definition) is 8. The Balaban J connectivity index is 2.02. The van der Waals surface area contributed by atoms with Crippen molar-refractivity contribution in [1.29, 1.82) is 0 Å². The lowest BCUT2D eigenvalue weighted by Gasteiger charge is -2.31. The van der Waals surface area contributed by atoms with Crippen LogP contribution in [-0.4, -0.2) is 88.5 Å².